The van der Waals surface area contributed by atoms with Gasteiger partial charge in [-0.15, -0.1) is 24.8 Å². The van der Waals surface area contributed by atoms with Crippen molar-refractivity contribution in [3.63, 3.8) is 0 Å². The van der Waals surface area contributed by atoms with Crippen LogP contribution in [0.4, 0.5) is 0 Å². The van der Waals surface area contributed by atoms with E-state index in [1.165, 1.54) is 12.7 Å². The number of likely N-dealkylation sites (tertiary alicyclic amines) is 1. The molecule has 1 aromatic rings. The fourth-order valence-corrected chi connectivity index (χ4v) is 2.28. The Morgan fingerprint density at radius 3 is 2.50 bits per heavy atom. The van der Waals surface area contributed by atoms with Gasteiger partial charge in [0.1, 0.15) is 0 Å². The molecule has 2 N–H and O–H groups in total. The quantitative estimate of drug-likeness (QED) is 0.861. The van der Waals surface area contributed by atoms with Crippen molar-refractivity contribution in [2.45, 2.75) is 18.9 Å². The highest BCUT2D eigenvalue weighted by Gasteiger charge is 2.18. The second-order valence-corrected chi connectivity index (χ2v) is 4.79. The molecule has 4 nitrogen and oxygen atoms in total. The lowest BCUT2D eigenvalue weighted by Crippen LogP contribution is -2.28. The number of carbonyl (C=O) groups is 1. The molecule has 0 saturated carbocycles. The molecule has 1 aromatic carbocycles. The van der Waals surface area contributed by atoms with Gasteiger partial charge in [-0.05, 0) is 37.1 Å². The number of ether oxygens (including phenoxy) is 1. The molecule has 2 rings (SSSR count). The van der Waals surface area contributed by atoms with Crippen LogP contribution in [0.5, 0.6) is 0 Å². The molecular formula is C14H22Cl2N2O2. The lowest BCUT2D eigenvalue weighted by molar-refractivity contribution is 0.0600. The predicted octanol–water partition coefficient (Wildman–Crippen LogP) is 1.89. The summed E-state index contributed by atoms with van der Waals surface area (Å²) < 4.78 is 4.67. The summed E-state index contributed by atoms with van der Waals surface area (Å²) in [6.45, 7) is 3.13. The molecule has 1 atom stereocenters. The van der Waals surface area contributed by atoms with Crippen molar-refractivity contribution in [1.82, 2.24) is 4.90 Å². The zero-order valence-corrected chi connectivity index (χ0v) is 13.2. The number of hydrogen-bond acceptors (Lipinski definition) is 4. The van der Waals surface area contributed by atoms with Gasteiger partial charge < -0.3 is 15.4 Å². The highest BCUT2D eigenvalue weighted by Crippen LogP contribution is 2.10. The van der Waals surface area contributed by atoms with E-state index in [0.717, 1.165) is 32.5 Å². The first kappa shape index (κ1) is 19.2. The van der Waals surface area contributed by atoms with E-state index in [9.17, 15) is 4.79 Å². The van der Waals surface area contributed by atoms with Crippen LogP contribution in [0.3, 0.4) is 0 Å². The van der Waals surface area contributed by atoms with Crippen molar-refractivity contribution >= 4 is 30.8 Å². The minimum atomic E-state index is -0.285. The third kappa shape index (κ3) is 5.29. The van der Waals surface area contributed by atoms with Crippen LogP contribution in [0.15, 0.2) is 24.3 Å². The van der Waals surface area contributed by atoms with E-state index >= 15 is 0 Å². The van der Waals surface area contributed by atoms with Crippen molar-refractivity contribution < 1.29 is 9.53 Å². The third-order valence-corrected chi connectivity index (χ3v) is 3.40. The van der Waals surface area contributed by atoms with E-state index in [4.69, 9.17) is 5.73 Å². The van der Waals surface area contributed by atoms with Gasteiger partial charge in [0, 0.05) is 19.1 Å². The van der Waals surface area contributed by atoms with Crippen LogP contribution in [0.25, 0.3) is 0 Å². The summed E-state index contributed by atoms with van der Waals surface area (Å²) in [6, 6.07) is 7.95. The van der Waals surface area contributed by atoms with Crippen molar-refractivity contribution in [2.75, 3.05) is 26.7 Å². The molecule has 0 aromatic heterocycles. The second-order valence-electron chi connectivity index (χ2n) is 4.79. The SMILES string of the molecule is COC(=O)c1ccc(CCN2CCC(N)C2)cc1.Cl.Cl. The van der Waals surface area contributed by atoms with Crippen molar-refractivity contribution in [3.8, 4) is 0 Å². The fraction of sp³-hybridized carbons (Fsp3) is 0.500. The van der Waals surface area contributed by atoms with Crippen LogP contribution in [0.2, 0.25) is 0 Å². The van der Waals surface area contributed by atoms with Gasteiger partial charge in [0.15, 0.2) is 0 Å². The summed E-state index contributed by atoms with van der Waals surface area (Å²) in [4.78, 5) is 13.7. The molecule has 0 spiro atoms. The van der Waals surface area contributed by atoms with Gasteiger partial charge in [-0.2, -0.15) is 0 Å². The monoisotopic (exact) mass is 320 g/mol. The smallest absolute Gasteiger partial charge is 0.337 e. The number of hydrogen-bond donors (Lipinski definition) is 1. The molecule has 1 saturated heterocycles. The van der Waals surface area contributed by atoms with Gasteiger partial charge in [0.25, 0.3) is 0 Å². The summed E-state index contributed by atoms with van der Waals surface area (Å²) in [5, 5.41) is 0. The van der Waals surface area contributed by atoms with Crippen molar-refractivity contribution in [2.24, 2.45) is 5.73 Å². The molecule has 6 heteroatoms. The maximum absolute atomic E-state index is 11.3. The van der Waals surface area contributed by atoms with Gasteiger partial charge in [-0.3, -0.25) is 0 Å². The van der Waals surface area contributed by atoms with Crippen molar-refractivity contribution in [3.05, 3.63) is 35.4 Å². The second kappa shape index (κ2) is 9.19. The van der Waals surface area contributed by atoms with Crippen LogP contribution < -0.4 is 5.73 Å². The molecule has 1 fully saturated rings. The summed E-state index contributed by atoms with van der Waals surface area (Å²) in [7, 11) is 1.40. The Hall–Kier alpha value is -0.810. The maximum Gasteiger partial charge on any atom is 0.337 e. The normalized spacial score (nSPS) is 18.0. The average Bonchev–Trinajstić information content (AvgIpc) is 2.82. The van der Waals surface area contributed by atoms with Gasteiger partial charge >= 0.3 is 5.97 Å². The molecule has 114 valence electrons. The van der Waals surface area contributed by atoms with Gasteiger partial charge in [-0.25, -0.2) is 4.79 Å². The number of methoxy groups -OCH3 is 1. The minimum absolute atomic E-state index is 0. The number of halogens is 2. The van der Waals surface area contributed by atoms with Crippen LogP contribution in [0.1, 0.15) is 22.3 Å². The summed E-state index contributed by atoms with van der Waals surface area (Å²) in [5.74, 6) is -0.285. The zero-order chi connectivity index (χ0) is 13.0. The number of nitrogens with two attached hydrogens (primary N) is 1. The molecule has 0 radical (unpaired) electrons. The molecule has 1 aliphatic rings. The van der Waals surface area contributed by atoms with Crippen LogP contribution in [0, 0.1) is 0 Å². The average molecular weight is 321 g/mol. The Bertz CT molecular complexity index is 412. The summed E-state index contributed by atoms with van der Waals surface area (Å²) in [6.07, 6.45) is 2.09. The standard InChI is InChI=1S/C14H20N2O2.2ClH/c1-18-14(17)12-4-2-11(3-5-12)6-8-16-9-7-13(15)10-16;;/h2-5,13H,6-10,15H2,1H3;2*1H. The first-order valence-electron chi connectivity index (χ1n) is 6.34. The van der Waals surface area contributed by atoms with Gasteiger partial charge in [-0.1, -0.05) is 12.1 Å². The van der Waals surface area contributed by atoms with Crippen LogP contribution >= 0.6 is 24.8 Å². The Morgan fingerprint density at radius 2 is 2.00 bits per heavy atom. The Labute approximate surface area is 132 Å². The van der Waals surface area contributed by atoms with Crippen LogP contribution in [-0.2, 0) is 11.2 Å². The Kier molecular flexibility index (Phi) is 8.81. The van der Waals surface area contributed by atoms with E-state index in [1.54, 1.807) is 0 Å². The highest BCUT2D eigenvalue weighted by molar-refractivity contribution is 5.89. The van der Waals surface area contributed by atoms with Gasteiger partial charge in [0.2, 0.25) is 0 Å². The lowest BCUT2D eigenvalue weighted by Gasteiger charge is -2.14. The molecule has 0 amide bonds. The largest absolute Gasteiger partial charge is 0.465 e. The fourth-order valence-electron chi connectivity index (χ4n) is 2.28. The number of benzene rings is 1. The molecule has 0 aliphatic carbocycles. The minimum Gasteiger partial charge on any atom is -0.465 e. The molecule has 1 aliphatic heterocycles. The predicted molar refractivity (Wildman–Crippen MR) is 85.0 cm³/mol. The number of nitrogens with zero attached hydrogens (tertiary/aromatic N) is 1. The first-order chi connectivity index (χ1) is 8.69. The third-order valence-electron chi connectivity index (χ3n) is 3.40. The van der Waals surface area contributed by atoms with E-state index in [0.29, 0.717) is 11.6 Å². The maximum atomic E-state index is 11.3. The van der Waals surface area contributed by atoms with Crippen molar-refractivity contribution in [1.29, 1.82) is 0 Å². The molecule has 1 unspecified atom stereocenters. The van der Waals surface area contributed by atoms with E-state index in [2.05, 4.69) is 9.64 Å². The Morgan fingerprint density at radius 1 is 1.35 bits per heavy atom. The van der Waals surface area contributed by atoms with Gasteiger partial charge in [0.05, 0.1) is 12.7 Å². The molecule has 20 heavy (non-hydrogen) atoms. The molecular weight excluding hydrogens is 299 g/mol. The number of carbonyl (C=O) groups excluding carboxylic acids is 1. The Balaban J connectivity index is 0.00000180. The van der Waals surface area contributed by atoms with E-state index < -0.39 is 0 Å². The topological polar surface area (TPSA) is 55.6 Å². The first-order valence-corrected chi connectivity index (χ1v) is 6.34. The molecule has 0 bridgehead atoms. The van der Waals surface area contributed by atoms with Crippen LogP contribution in [-0.4, -0.2) is 43.7 Å². The lowest BCUT2D eigenvalue weighted by atomic mass is 10.1. The zero-order valence-electron chi connectivity index (χ0n) is 11.6. The van der Waals surface area contributed by atoms with E-state index in [1.807, 2.05) is 24.3 Å². The summed E-state index contributed by atoms with van der Waals surface area (Å²) in [5.41, 5.74) is 7.71. The number of esters is 1. The number of rotatable bonds is 4. The molecule has 1 heterocycles. The highest BCUT2D eigenvalue weighted by atomic mass is 35.5. The summed E-state index contributed by atoms with van der Waals surface area (Å²) >= 11 is 0. The van der Waals surface area contributed by atoms with E-state index in [-0.39, 0.29) is 30.8 Å².